The summed E-state index contributed by atoms with van der Waals surface area (Å²) in [6, 6.07) is 0. The SMILES string of the molecule is CC1CC(CN)(N2CCN(S(C)(=O)=O)CC2)CCO1. The third-order valence-corrected chi connectivity index (χ3v) is 5.70. The lowest BCUT2D eigenvalue weighted by atomic mass is 9.84. The minimum atomic E-state index is -3.07. The largest absolute Gasteiger partial charge is 0.378 e. The van der Waals surface area contributed by atoms with Gasteiger partial charge in [-0.05, 0) is 19.8 Å². The van der Waals surface area contributed by atoms with Crippen LogP contribution in [-0.2, 0) is 14.8 Å². The van der Waals surface area contributed by atoms with Crippen LogP contribution in [0.15, 0.2) is 0 Å². The molecule has 2 saturated heterocycles. The molecule has 2 N–H and O–H groups in total. The van der Waals surface area contributed by atoms with Gasteiger partial charge in [-0.15, -0.1) is 0 Å². The van der Waals surface area contributed by atoms with Crippen LogP contribution in [-0.4, -0.2) is 74.9 Å². The Morgan fingerprint density at radius 2 is 1.95 bits per heavy atom. The first kappa shape index (κ1) is 15.2. The number of piperazine rings is 1. The number of sulfonamides is 1. The third kappa shape index (κ3) is 3.28. The Bertz CT molecular complexity index is 406. The van der Waals surface area contributed by atoms with Crippen LogP contribution in [0.3, 0.4) is 0 Å². The number of ether oxygens (including phenoxy) is 1. The van der Waals surface area contributed by atoms with Gasteiger partial charge in [0.25, 0.3) is 0 Å². The van der Waals surface area contributed by atoms with Crippen LogP contribution in [0.1, 0.15) is 19.8 Å². The zero-order valence-electron chi connectivity index (χ0n) is 11.8. The van der Waals surface area contributed by atoms with Crippen LogP contribution in [0.25, 0.3) is 0 Å². The van der Waals surface area contributed by atoms with Gasteiger partial charge in [0.1, 0.15) is 0 Å². The molecule has 7 heteroatoms. The van der Waals surface area contributed by atoms with Crippen molar-refractivity contribution in [2.45, 2.75) is 31.4 Å². The number of nitrogens with zero attached hydrogens (tertiary/aromatic N) is 2. The Morgan fingerprint density at radius 3 is 2.42 bits per heavy atom. The fourth-order valence-corrected chi connectivity index (χ4v) is 4.07. The molecule has 6 nitrogen and oxygen atoms in total. The first-order chi connectivity index (χ1) is 8.87. The van der Waals surface area contributed by atoms with Crippen molar-refractivity contribution in [1.82, 2.24) is 9.21 Å². The van der Waals surface area contributed by atoms with Crippen LogP contribution in [0.4, 0.5) is 0 Å². The first-order valence-corrected chi connectivity index (χ1v) is 8.74. The summed E-state index contributed by atoms with van der Waals surface area (Å²) < 4.78 is 30.2. The van der Waals surface area contributed by atoms with Crippen molar-refractivity contribution in [3.63, 3.8) is 0 Å². The molecule has 19 heavy (non-hydrogen) atoms. The molecule has 2 aliphatic heterocycles. The fraction of sp³-hybridized carbons (Fsp3) is 1.00. The maximum Gasteiger partial charge on any atom is 0.211 e. The Balaban J connectivity index is 2.03. The predicted octanol–water partition coefficient (Wildman–Crippen LogP) is -0.540. The third-order valence-electron chi connectivity index (χ3n) is 4.40. The molecule has 2 atom stereocenters. The second kappa shape index (κ2) is 5.65. The van der Waals surface area contributed by atoms with Crippen molar-refractivity contribution in [3.05, 3.63) is 0 Å². The second-order valence-corrected chi connectivity index (χ2v) is 7.70. The average Bonchev–Trinajstić information content (AvgIpc) is 2.38. The lowest BCUT2D eigenvalue weighted by Crippen LogP contribution is -2.63. The quantitative estimate of drug-likeness (QED) is 0.756. The Morgan fingerprint density at radius 1 is 1.32 bits per heavy atom. The van der Waals surface area contributed by atoms with E-state index in [1.807, 2.05) is 0 Å². The standard InChI is InChI=1S/C12H25N3O3S/c1-11-9-12(10-13,3-8-18-11)14-4-6-15(7-5-14)19(2,16)17/h11H,3-10,13H2,1-2H3. The molecule has 0 amide bonds. The van der Waals surface area contributed by atoms with E-state index in [2.05, 4.69) is 11.8 Å². The molecular formula is C12H25N3O3S. The van der Waals surface area contributed by atoms with E-state index in [1.54, 1.807) is 4.31 Å². The van der Waals surface area contributed by atoms with Gasteiger partial charge in [-0.25, -0.2) is 8.42 Å². The topological polar surface area (TPSA) is 75.9 Å². The summed E-state index contributed by atoms with van der Waals surface area (Å²) in [6.07, 6.45) is 3.37. The van der Waals surface area contributed by atoms with E-state index in [1.165, 1.54) is 6.26 Å². The van der Waals surface area contributed by atoms with Gasteiger partial charge in [0.2, 0.25) is 10.0 Å². The summed E-state index contributed by atoms with van der Waals surface area (Å²) in [4.78, 5) is 2.37. The zero-order chi connectivity index (χ0) is 14.1. The highest BCUT2D eigenvalue weighted by Gasteiger charge is 2.41. The van der Waals surface area contributed by atoms with Crippen molar-refractivity contribution >= 4 is 10.0 Å². The summed E-state index contributed by atoms with van der Waals surface area (Å²) >= 11 is 0. The maximum absolute atomic E-state index is 11.5. The Kier molecular flexibility index (Phi) is 4.52. The molecule has 2 fully saturated rings. The maximum atomic E-state index is 11.5. The van der Waals surface area contributed by atoms with Gasteiger partial charge in [0, 0.05) is 44.9 Å². The van der Waals surface area contributed by atoms with Crippen LogP contribution in [0.5, 0.6) is 0 Å². The van der Waals surface area contributed by atoms with Crippen molar-refractivity contribution < 1.29 is 13.2 Å². The van der Waals surface area contributed by atoms with Crippen molar-refractivity contribution in [3.8, 4) is 0 Å². The normalized spacial score (nSPS) is 35.4. The highest BCUT2D eigenvalue weighted by atomic mass is 32.2. The number of hydrogen-bond acceptors (Lipinski definition) is 5. The van der Waals surface area contributed by atoms with Crippen LogP contribution >= 0.6 is 0 Å². The number of rotatable bonds is 3. The molecule has 0 bridgehead atoms. The average molecular weight is 291 g/mol. The summed E-state index contributed by atoms with van der Waals surface area (Å²) in [5.41, 5.74) is 6.01. The molecule has 2 rings (SSSR count). The van der Waals surface area contributed by atoms with Gasteiger partial charge in [-0.1, -0.05) is 0 Å². The Hall–Kier alpha value is -0.210. The van der Waals surface area contributed by atoms with Crippen LogP contribution in [0, 0.1) is 0 Å². The van der Waals surface area contributed by atoms with Crippen molar-refractivity contribution in [2.75, 3.05) is 45.6 Å². The summed E-state index contributed by atoms with van der Waals surface area (Å²) in [5.74, 6) is 0. The van der Waals surface area contributed by atoms with Gasteiger partial charge in [0.15, 0.2) is 0 Å². The monoisotopic (exact) mass is 291 g/mol. The molecule has 0 aromatic heterocycles. The van der Waals surface area contributed by atoms with Gasteiger partial charge >= 0.3 is 0 Å². The minimum absolute atomic E-state index is 0.0126. The predicted molar refractivity (Wildman–Crippen MR) is 74.4 cm³/mol. The van der Waals surface area contributed by atoms with Gasteiger partial charge < -0.3 is 10.5 Å². The van der Waals surface area contributed by atoms with E-state index in [0.29, 0.717) is 19.6 Å². The Labute approximate surface area is 115 Å². The molecule has 112 valence electrons. The number of nitrogens with two attached hydrogens (primary N) is 1. The summed E-state index contributed by atoms with van der Waals surface area (Å²) in [7, 11) is -3.07. The van der Waals surface area contributed by atoms with Gasteiger partial charge in [0.05, 0.1) is 12.4 Å². The van der Waals surface area contributed by atoms with Crippen LogP contribution < -0.4 is 5.73 Å². The van der Waals surface area contributed by atoms with E-state index in [9.17, 15) is 8.42 Å². The molecule has 2 heterocycles. The molecule has 2 unspecified atom stereocenters. The summed E-state index contributed by atoms with van der Waals surface area (Å²) in [6.45, 7) is 6.08. The highest BCUT2D eigenvalue weighted by molar-refractivity contribution is 7.88. The molecule has 0 aliphatic carbocycles. The van der Waals surface area contributed by atoms with E-state index in [4.69, 9.17) is 10.5 Å². The lowest BCUT2D eigenvalue weighted by molar-refractivity contribution is -0.0708. The zero-order valence-corrected chi connectivity index (χ0v) is 12.7. The second-order valence-electron chi connectivity index (χ2n) is 5.71. The van der Waals surface area contributed by atoms with E-state index in [0.717, 1.165) is 32.5 Å². The van der Waals surface area contributed by atoms with Crippen LogP contribution in [0.2, 0.25) is 0 Å². The molecule has 2 aliphatic rings. The lowest BCUT2D eigenvalue weighted by Gasteiger charge is -2.50. The van der Waals surface area contributed by atoms with E-state index < -0.39 is 10.0 Å². The van der Waals surface area contributed by atoms with Crippen molar-refractivity contribution in [1.29, 1.82) is 0 Å². The van der Waals surface area contributed by atoms with Gasteiger partial charge in [-0.3, -0.25) is 4.90 Å². The van der Waals surface area contributed by atoms with E-state index in [-0.39, 0.29) is 11.6 Å². The van der Waals surface area contributed by atoms with Crippen molar-refractivity contribution in [2.24, 2.45) is 5.73 Å². The summed E-state index contributed by atoms with van der Waals surface area (Å²) in [5, 5.41) is 0. The molecule has 0 aromatic rings. The van der Waals surface area contributed by atoms with E-state index >= 15 is 0 Å². The number of hydrogen-bond donors (Lipinski definition) is 1. The molecule has 0 spiro atoms. The first-order valence-electron chi connectivity index (χ1n) is 6.89. The van der Waals surface area contributed by atoms with Gasteiger partial charge in [-0.2, -0.15) is 4.31 Å². The molecule has 0 radical (unpaired) electrons. The fourth-order valence-electron chi connectivity index (χ4n) is 3.24. The highest BCUT2D eigenvalue weighted by Crippen LogP contribution is 2.31. The minimum Gasteiger partial charge on any atom is -0.378 e. The molecular weight excluding hydrogens is 266 g/mol. The molecule has 0 saturated carbocycles. The molecule has 0 aromatic carbocycles. The smallest absolute Gasteiger partial charge is 0.211 e.